The first-order valence-electron chi connectivity index (χ1n) is 9.82. The average Bonchev–Trinajstić information content (AvgIpc) is 3.44. The van der Waals surface area contributed by atoms with Crippen LogP contribution in [0.5, 0.6) is 0 Å². The Morgan fingerprint density at radius 1 is 1.03 bits per heavy atom. The van der Waals surface area contributed by atoms with Crippen LogP contribution >= 0.6 is 11.3 Å². The van der Waals surface area contributed by atoms with Crippen molar-refractivity contribution in [3.05, 3.63) is 93.9 Å². The summed E-state index contributed by atoms with van der Waals surface area (Å²) in [5, 5.41) is 22.4. The van der Waals surface area contributed by atoms with Crippen molar-refractivity contribution < 1.29 is 9.18 Å². The van der Waals surface area contributed by atoms with Crippen molar-refractivity contribution in [1.29, 1.82) is 10.5 Å². The van der Waals surface area contributed by atoms with Gasteiger partial charge in [-0.25, -0.2) is 4.39 Å². The van der Waals surface area contributed by atoms with E-state index in [0.29, 0.717) is 10.4 Å². The standard InChI is InChI=1S/C25H16FN3OS/c26-18-10-7-17(8-11-18)22-23(24(30)20-6-3-13-31-20)29-19-5-2-1-4-16(19)9-12-21(29)25(22,14-27)15-28/h1-13,21-23H/t21-,22-,23+/m1/s1. The lowest BCUT2D eigenvalue weighted by Crippen LogP contribution is -2.44. The molecule has 0 amide bonds. The van der Waals surface area contributed by atoms with E-state index >= 15 is 0 Å². The van der Waals surface area contributed by atoms with Crippen molar-refractivity contribution in [2.24, 2.45) is 5.41 Å². The van der Waals surface area contributed by atoms with Crippen LogP contribution in [0, 0.1) is 33.9 Å². The molecule has 0 N–H and O–H groups in total. The molecular weight excluding hydrogens is 409 g/mol. The van der Waals surface area contributed by atoms with E-state index < -0.39 is 29.2 Å². The highest BCUT2D eigenvalue weighted by molar-refractivity contribution is 7.12. The molecule has 0 bridgehead atoms. The van der Waals surface area contributed by atoms with Gasteiger partial charge in [0.25, 0.3) is 0 Å². The number of nitriles is 2. The summed E-state index contributed by atoms with van der Waals surface area (Å²) < 4.78 is 13.7. The fourth-order valence-electron chi connectivity index (χ4n) is 4.84. The molecule has 5 rings (SSSR count). The molecule has 0 saturated carbocycles. The Kier molecular flexibility index (Phi) is 4.46. The van der Waals surface area contributed by atoms with Crippen molar-refractivity contribution in [1.82, 2.24) is 0 Å². The third-order valence-electron chi connectivity index (χ3n) is 6.18. The molecule has 150 valence electrons. The van der Waals surface area contributed by atoms with Crippen LogP contribution < -0.4 is 4.90 Å². The van der Waals surface area contributed by atoms with Gasteiger partial charge in [-0.05, 0) is 40.8 Å². The maximum Gasteiger partial charge on any atom is 0.195 e. The molecule has 0 aliphatic carbocycles. The molecule has 3 aromatic rings. The fourth-order valence-corrected chi connectivity index (χ4v) is 5.54. The number of carbonyl (C=O) groups is 1. The first kappa shape index (κ1) is 19.2. The minimum atomic E-state index is -1.51. The maximum absolute atomic E-state index is 13.8. The largest absolute Gasteiger partial charge is 0.351 e. The Morgan fingerprint density at radius 3 is 2.45 bits per heavy atom. The van der Waals surface area contributed by atoms with Crippen molar-refractivity contribution in [2.45, 2.75) is 18.0 Å². The third kappa shape index (κ3) is 2.73. The number of fused-ring (bicyclic) bond motifs is 3. The minimum absolute atomic E-state index is 0.146. The second-order valence-corrected chi connectivity index (χ2v) is 8.63. The molecule has 3 atom stereocenters. The highest BCUT2D eigenvalue weighted by Gasteiger charge is 2.63. The predicted octanol–water partition coefficient (Wildman–Crippen LogP) is 5.17. The van der Waals surface area contributed by atoms with Crippen LogP contribution in [0.4, 0.5) is 10.1 Å². The number of hydrogen-bond donors (Lipinski definition) is 0. The maximum atomic E-state index is 13.8. The van der Waals surface area contributed by atoms with Gasteiger partial charge in [0.15, 0.2) is 11.2 Å². The molecule has 3 heterocycles. The molecular formula is C25H16FN3OS. The number of nitrogens with zero attached hydrogens (tertiary/aromatic N) is 3. The van der Waals surface area contributed by atoms with Gasteiger partial charge in [-0.15, -0.1) is 11.3 Å². The molecule has 31 heavy (non-hydrogen) atoms. The normalized spacial score (nSPS) is 22.8. The second kappa shape index (κ2) is 7.19. The third-order valence-corrected chi connectivity index (χ3v) is 7.06. The number of rotatable bonds is 3. The Hall–Kier alpha value is -3.74. The zero-order chi connectivity index (χ0) is 21.6. The Bertz CT molecular complexity index is 1250. The van der Waals surface area contributed by atoms with Gasteiger partial charge in [-0.3, -0.25) is 4.79 Å². The summed E-state index contributed by atoms with van der Waals surface area (Å²) in [7, 11) is 0. The van der Waals surface area contributed by atoms with Gasteiger partial charge >= 0.3 is 0 Å². The minimum Gasteiger partial charge on any atom is -0.351 e. The molecule has 2 aliphatic heterocycles. The van der Waals surface area contributed by atoms with Gasteiger partial charge in [-0.2, -0.15) is 10.5 Å². The number of carbonyl (C=O) groups excluding carboxylic acids is 1. The first-order chi connectivity index (χ1) is 15.1. The van der Waals surface area contributed by atoms with E-state index in [1.54, 1.807) is 18.2 Å². The van der Waals surface area contributed by atoms with Crippen LogP contribution in [0.15, 0.2) is 72.1 Å². The van der Waals surface area contributed by atoms with Crippen LogP contribution in [-0.4, -0.2) is 17.9 Å². The van der Waals surface area contributed by atoms with E-state index in [4.69, 9.17) is 0 Å². The zero-order valence-corrected chi connectivity index (χ0v) is 17.1. The average molecular weight is 425 g/mol. The van der Waals surface area contributed by atoms with Crippen molar-refractivity contribution >= 4 is 28.9 Å². The summed E-state index contributed by atoms with van der Waals surface area (Å²) in [5.74, 6) is -1.31. The summed E-state index contributed by atoms with van der Waals surface area (Å²) >= 11 is 1.33. The second-order valence-electron chi connectivity index (χ2n) is 7.68. The van der Waals surface area contributed by atoms with Crippen molar-refractivity contribution in [2.75, 3.05) is 4.90 Å². The molecule has 0 unspecified atom stereocenters. The fraction of sp³-hybridized carbons (Fsp3) is 0.160. The lowest BCUT2D eigenvalue weighted by molar-refractivity contribution is 0.0955. The summed E-state index contributed by atoms with van der Waals surface area (Å²) in [6.45, 7) is 0. The monoisotopic (exact) mass is 425 g/mol. The van der Waals surface area contributed by atoms with Crippen LogP contribution in [0.1, 0.15) is 26.7 Å². The van der Waals surface area contributed by atoms with Gasteiger partial charge in [0.2, 0.25) is 0 Å². The summed E-state index contributed by atoms with van der Waals surface area (Å²) in [4.78, 5) is 16.3. The van der Waals surface area contributed by atoms with E-state index in [-0.39, 0.29) is 5.78 Å². The molecule has 6 heteroatoms. The number of thiophene rings is 1. The quantitative estimate of drug-likeness (QED) is 0.543. The number of Topliss-reactive ketones (excluding diaryl/α,β-unsaturated/α-hetero) is 1. The van der Waals surface area contributed by atoms with E-state index in [1.165, 1.54) is 23.5 Å². The van der Waals surface area contributed by atoms with Crippen molar-refractivity contribution in [3.63, 3.8) is 0 Å². The summed E-state index contributed by atoms with van der Waals surface area (Å²) in [6.07, 6.45) is 3.74. The first-order valence-corrected chi connectivity index (χ1v) is 10.7. The van der Waals surface area contributed by atoms with Crippen LogP contribution in [0.25, 0.3) is 6.08 Å². The Labute approximate surface area is 183 Å². The van der Waals surface area contributed by atoms with Gasteiger partial charge in [0, 0.05) is 11.6 Å². The van der Waals surface area contributed by atoms with E-state index in [0.717, 1.165) is 11.3 Å². The predicted molar refractivity (Wildman–Crippen MR) is 117 cm³/mol. The van der Waals surface area contributed by atoms with Crippen LogP contribution in [-0.2, 0) is 0 Å². The number of benzene rings is 2. The number of halogens is 1. The molecule has 1 fully saturated rings. The smallest absolute Gasteiger partial charge is 0.195 e. The number of hydrogen-bond acceptors (Lipinski definition) is 5. The SMILES string of the molecule is N#CC1(C#N)[C@H](c2ccc(F)cc2)[C@@H](C(=O)c2cccs2)N2c3ccccc3C=C[C@@H]21. The highest BCUT2D eigenvalue weighted by Crippen LogP contribution is 2.55. The summed E-state index contributed by atoms with van der Waals surface area (Å²) in [6, 6.07) is 20.1. The Morgan fingerprint density at radius 2 is 1.77 bits per heavy atom. The molecule has 2 aliphatic rings. The molecule has 1 aromatic heterocycles. The highest BCUT2D eigenvalue weighted by atomic mass is 32.1. The molecule has 0 radical (unpaired) electrons. The van der Waals surface area contributed by atoms with E-state index in [1.807, 2.05) is 52.8 Å². The number of para-hydroxylation sites is 1. The zero-order valence-electron chi connectivity index (χ0n) is 16.3. The molecule has 1 saturated heterocycles. The van der Waals surface area contributed by atoms with E-state index in [2.05, 4.69) is 12.1 Å². The number of anilines is 1. The lowest BCUT2D eigenvalue weighted by atomic mass is 9.69. The van der Waals surface area contributed by atoms with Gasteiger partial charge in [-0.1, -0.05) is 48.6 Å². The topological polar surface area (TPSA) is 67.9 Å². The summed E-state index contributed by atoms with van der Waals surface area (Å²) in [5.41, 5.74) is 0.816. The van der Waals surface area contributed by atoms with Crippen LogP contribution in [0.3, 0.4) is 0 Å². The van der Waals surface area contributed by atoms with Gasteiger partial charge in [0.05, 0.1) is 23.1 Å². The molecule has 2 aromatic carbocycles. The van der Waals surface area contributed by atoms with E-state index in [9.17, 15) is 19.7 Å². The lowest BCUT2D eigenvalue weighted by Gasteiger charge is -2.35. The molecule has 0 spiro atoms. The van der Waals surface area contributed by atoms with Gasteiger partial charge in [0.1, 0.15) is 11.9 Å². The van der Waals surface area contributed by atoms with Gasteiger partial charge < -0.3 is 4.90 Å². The Balaban J connectivity index is 1.79. The van der Waals surface area contributed by atoms with Crippen molar-refractivity contribution in [3.8, 4) is 12.1 Å². The molecule has 4 nitrogen and oxygen atoms in total. The number of ketones is 1. The van der Waals surface area contributed by atoms with Crippen LogP contribution in [0.2, 0.25) is 0 Å².